The van der Waals surface area contributed by atoms with Gasteiger partial charge in [-0.05, 0) is 40.0 Å². The van der Waals surface area contributed by atoms with Gasteiger partial charge < -0.3 is 16.3 Å². The van der Waals surface area contributed by atoms with Crippen LogP contribution in [0.4, 0.5) is 0 Å². The summed E-state index contributed by atoms with van der Waals surface area (Å²) >= 11 is 0. The first-order valence-corrected chi connectivity index (χ1v) is 5.12. The van der Waals surface area contributed by atoms with E-state index in [0.717, 1.165) is 19.3 Å². The molecule has 0 saturated heterocycles. The Morgan fingerprint density at radius 2 is 2.07 bits per heavy atom. The number of amides is 1. The highest BCUT2D eigenvalue weighted by Gasteiger charge is 2.39. The molecule has 0 aromatic rings. The Kier molecular flexibility index (Phi) is 2.93. The molecule has 1 fully saturated rings. The molecule has 0 aromatic carbocycles. The maximum absolute atomic E-state index is 11.9. The van der Waals surface area contributed by atoms with Gasteiger partial charge in [0, 0.05) is 5.54 Å². The van der Waals surface area contributed by atoms with Crippen LogP contribution in [-0.4, -0.2) is 22.5 Å². The van der Waals surface area contributed by atoms with Crippen molar-refractivity contribution in [3.8, 4) is 0 Å². The second kappa shape index (κ2) is 3.72. The first kappa shape index (κ1) is 11.8. The van der Waals surface area contributed by atoms with Gasteiger partial charge in [0.05, 0.1) is 0 Å². The van der Waals surface area contributed by atoms with E-state index in [1.165, 1.54) is 0 Å². The largest absolute Gasteiger partial charge is 0.409 e. The SMILES string of the molecule is CC1(NC(=O)C(C)(C)C(N)=NO)CCC1. The molecule has 1 rings (SSSR count). The van der Waals surface area contributed by atoms with Gasteiger partial charge >= 0.3 is 0 Å². The van der Waals surface area contributed by atoms with E-state index < -0.39 is 5.41 Å². The number of carbonyl (C=O) groups is 1. The van der Waals surface area contributed by atoms with Gasteiger partial charge in [0.1, 0.15) is 5.41 Å². The smallest absolute Gasteiger partial charge is 0.233 e. The molecule has 86 valence electrons. The van der Waals surface area contributed by atoms with Crippen molar-refractivity contribution in [2.75, 3.05) is 0 Å². The minimum absolute atomic E-state index is 0.0667. The molecule has 0 radical (unpaired) electrons. The number of amidine groups is 1. The third kappa shape index (κ3) is 2.22. The number of carbonyl (C=O) groups excluding carboxylic acids is 1. The highest BCUT2D eigenvalue weighted by atomic mass is 16.4. The molecule has 1 aliphatic rings. The van der Waals surface area contributed by atoms with Crippen LogP contribution in [0.1, 0.15) is 40.0 Å². The van der Waals surface area contributed by atoms with Crippen LogP contribution in [0.25, 0.3) is 0 Å². The molecule has 5 heteroatoms. The lowest BCUT2D eigenvalue weighted by Gasteiger charge is -2.41. The predicted molar refractivity (Wildman–Crippen MR) is 57.6 cm³/mol. The zero-order valence-electron chi connectivity index (χ0n) is 9.50. The molecule has 4 N–H and O–H groups in total. The first-order valence-electron chi connectivity index (χ1n) is 5.12. The average Bonchev–Trinajstić information content (AvgIpc) is 2.13. The van der Waals surface area contributed by atoms with Gasteiger partial charge in [0.2, 0.25) is 5.91 Å². The molecule has 1 amide bonds. The lowest BCUT2D eigenvalue weighted by atomic mass is 9.77. The second-order valence-corrected chi connectivity index (χ2v) is 4.98. The van der Waals surface area contributed by atoms with Crippen molar-refractivity contribution in [2.24, 2.45) is 16.3 Å². The lowest BCUT2D eigenvalue weighted by Crippen LogP contribution is -2.57. The molecule has 1 aliphatic carbocycles. The number of nitrogens with one attached hydrogen (secondary N) is 1. The van der Waals surface area contributed by atoms with Crippen LogP contribution in [0.2, 0.25) is 0 Å². The third-order valence-corrected chi connectivity index (χ3v) is 3.19. The van der Waals surface area contributed by atoms with Crippen molar-refractivity contribution in [1.29, 1.82) is 0 Å². The summed E-state index contributed by atoms with van der Waals surface area (Å²) < 4.78 is 0. The second-order valence-electron chi connectivity index (χ2n) is 4.98. The number of hydrogen-bond donors (Lipinski definition) is 3. The van der Waals surface area contributed by atoms with Crippen molar-refractivity contribution in [3.05, 3.63) is 0 Å². The van der Waals surface area contributed by atoms with Crippen molar-refractivity contribution in [1.82, 2.24) is 5.32 Å². The maximum Gasteiger partial charge on any atom is 0.233 e. The Bertz CT molecular complexity index is 293. The summed E-state index contributed by atoms with van der Waals surface area (Å²) in [7, 11) is 0. The summed E-state index contributed by atoms with van der Waals surface area (Å²) in [5, 5.41) is 14.4. The van der Waals surface area contributed by atoms with Crippen molar-refractivity contribution in [3.63, 3.8) is 0 Å². The van der Waals surface area contributed by atoms with Gasteiger partial charge in [-0.15, -0.1) is 0 Å². The quantitative estimate of drug-likeness (QED) is 0.281. The van der Waals surface area contributed by atoms with Gasteiger partial charge in [-0.2, -0.15) is 0 Å². The van der Waals surface area contributed by atoms with E-state index in [0.29, 0.717) is 0 Å². The van der Waals surface area contributed by atoms with E-state index in [2.05, 4.69) is 10.5 Å². The van der Waals surface area contributed by atoms with E-state index in [1.54, 1.807) is 13.8 Å². The van der Waals surface area contributed by atoms with Crippen LogP contribution in [0.5, 0.6) is 0 Å². The molecule has 0 spiro atoms. The summed E-state index contributed by atoms with van der Waals surface area (Å²) in [6.45, 7) is 5.29. The fraction of sp³-hybridized carbons (Fsp3) is 0.800. The fourth-order valence-electron chi connectivity index (χ4n) is 1.50. The van der Waals surface area contributed by atoms with Gasteiger partial charge in [-0.1, -0.05) is 5.16 Å². The summed E-state index contributed by atoms with van der Waals surface area (Å²) in [5.41, 5.74) is 4.40. The number of oxime groups is 1. The fourth-order valence-corrected chi connectivity index (χ4v) is 1.50. The van der Waals surface area contributed by atoms with Crippen LogP contribution >= 0.6 is 0 Å². The molecule has 1 saturated carbocycles. The molecule has 0 bridgehead atoms. The van der Waals surface area contributed by atoms with Crippen LogP contribution in [-0.2, 0) is 4.79 Å². The first-order chi connectivity index (χ1) is 6.82. The van der Waals surface area contributed by atoms with Gasteiger partial charge in [0.15, 0.2) is 5.84 Å². The molecule has 0 unspecified atom stereocenters. The predicted octanol–water partition coefficient (Wildman–Crippen LogP) is 0.818. The number of nitrogens with two attached hydrogens (primary N) is 1. The minimum atomic E-state index is -0.965. The molecule has 0 aromatic heterocycles. The molecule has 0 aliphatic heterocycles. The van der Waals surface area contributed by atoms with E-state index in [4.69, 9.17) is 10.9 Å². The van der Waals surface area contributed by atoms with Crippen LogP contribution in [0.15, 0.2) is 5.16 Å². The van der Waals surface area contributed by atoms with Crippen LogP contribution in [0.3, 0.4) is 0 Å². The average molecular weight is 213 g/mol. The summed E-state index contributed by atoms with van der Waals surface area (Å²) in [4.78, 5) is 11.9. The third-order valence-electron chi connectivity index (χ3n) is 3.19. The Hall–Kier alpha value is -1.26. The Morgan fingerprint density at radius 1 is 1.53 bits per heavy atom. The van der Waals surface area contributed by atoms with Crippen LogP contribution < -0.4 is 11.1 Å². The van der Waals surface area contributed by atoms with Crippen LogP contribution in [0, 0.1) is 5.41 Å². The van der Waals surface area contributed by atoms with Gasteiger partial charge in [0.25, 0.3) is 0 Å². The summed E-state index contributed by atoms with van der Waals surface area (Å²) in [6, 6.07) is 0. The molecular weight excluding hydrogens is 194 g/mol. The number of nitrogens with zero attached hydrogens (tertiary/aromatic N) is 1. The standard InChI is InChI=1S/C10H19N3O2/c1-9(2,7(11)13-15)8(14)12-10(3)5-4-6-10/h15H,4-6H2,1-3H3,(H2,11,13)(H,12,14). The Labute approximate surface area is 89.7 Å². The highest BCUT2D eigenvalue weighted by molar-refractivity contribution is 6.06. The molecule has 15 heavy (non-hydrogen) atoms. The van der Waals surface area contributed by atoms with Gasteiger partial charge in [-0.25, -0.2) is 0 Å². The van der Waals surface area contributed by atoms with Crippen molar-refractivity contribution in [2.45, 2.75) is 45.6 Å². The van der Waals surface area contributed by atoms with E-state index in [1.807, 2.05) is 6.92 Å². The summed E-state index contributed by atoms with van der Waals surface area (Å²) in [6.07, 6.45) is 3.12. The Balaban J connectivity index is 2.67. The minimum Gasteiger partial charge on any atom is -0.409 e. The normalized spacial score (nSPS) is 20.6. The van der Waals surface area contributed by atoms with Crippen molar-refractivity contribution >= 4 is 11.7 Å². The monoisotopic (exact) mass is 213 g/mol. The summed E-state index contributed by atoms with van der Waals surface area (Å²) in [5.74, 6) is -0.261. The molecule has 5 nitrogen and oxygen atoms in total. The number of rotatable bonds is 3. The van der Waals surface area contributed by atoms with Gasteiger partial charge in [-0.3, -0.25) is 4.79 Å². The topological polar surface area (TPSA) is 87.7 Å². The zero-order chi connectivity index (χ0) is 11.7. The zero-order valence-corrected chi connectivity index (χ0v) is 9.50. The van der Waals surface area contributed by atoms with E-state index in [9.17, 15) is 4.79 Å². The van der Waals surface area contributed by atoms with E-state index >= 15 is 0 Å². The Morgan fingerprint density at radius 3 is 2.40 bits per heavy atom. The van der Waals surface area contributed by atoms with Crippen molar-refractivity contribution < 1.29 is 10.0 Å². The molecular formula is C10H19N3O2. The number of hydrogen-bond acceptors (Lipinski definition) is 3. The maximum atomic E-state index is 11.9. The molecule has 0 heterocycles. The lowest BCUT2D eigenvalue weighted by molar-refractivity contribution is -0.129. The molecule has 0 atom stereocenters. The highest BCUT2D eigenvalue weighted by Crippen LogP contribution is 2.32. The van der Waals surface area contributed by atoms with E-state index in [-0.39, 0.29) is 17.3 Å².